The van der Waals surface area contributed by atoms with Crippen LogP contribution >= 0.6 is 0 Å². The number of likely N-dealkylation sites (tertiary alicyclic amines) is 1. The molecule has 1 saturated carbocycles. The minimum Gasteiger partial charge on any atom is -0.454 e. The van der Waals surface area contributed by atoms with Crippen LogP contribution in [0, 0.1) is 30.6 Å². The second-order valence-electron chi connectivity index (χ2n) is 8.73. The van der Waals surface area contributed by atoms with Crippen molar-refractivity contribution in [2.24, 2.45) is 23.7 Å². The van der Waals surface area contributed by atoms with Gasteiger partial charge in [0, 0.05) is 12.5 Å². The molecule has 2 bridgehead atoms. The zero-order chi connectivity index (χ0) is 23.1. The van der Waals surface area contributed by atoms with E-state index in [0.29, 0.717) is 5.76 Å². The van der Waals surface area contributed by atoms with Crippen LogP contribution in [0.5, 0.6) is 0 Å². The van der Waals surface area contributed by atoms with Crippen LogP contribution in [0.2, 0.25) is 0 Å². The van der Waals surface area contributed by atoms with Gasteiger partial charge in [-0.15, -0.1) is 0 Å². The fourth-order valence-electron chi connectivity index (χ4n) is 5.19. The molecule has 0 radical (unpaired) electrons. The standard InChI is InChI=1S/C24H23N3O6/c1-13-9-18(26-33-13)25-19(28)12-32-24(31)17(10-14-5-3-2-4-6-14)27-22(29)20-15-7-8-16(11-15)21(20)23(27)30/h2-9,15-17,20-21H,10-12H2,1H3,(H,25,26,28). The van der Waals surface area contributed by atoms with Crippen molar-refractivity contribution in [1.29, 1.82) is 0 Å². The molecule has 3 aliphatic rings. The molecule has 2 aliphatic carbocycles. The molecule has 9 nitrogen and oxygen atoms in total. The Morgan fingerprint density at radius 3 is 2.42 bits per heavy atom. The van der Waals surface area contributed by atoms with E-state index >= 15 is 0 Å². The third-order valence-corrected chi connectivity index (χ3v) is 6.60. The number of anilines is 1. The molecular weight excluding hydrogens is 426 g/mol. The summed E-state index contributed by atoms with van der Waals surface area (Å²) in [6.45, 7) is 1.10. The number of hydrogen-bond donors (Lipinski definition) is 1. The molecule has 5 rings (SSSR count). The van der Waals surface area contributed by atoms with Crippen molar-refractivity contribution in [3.63, 3.8) is 0 Å². The molecule has 1 aromatic carbocycles. The van der Waals surface area contributed by atoms with E-state index in [-0.39, 0.29) is 35.9 Å². The number of aryl methyl sites for hydroxylation is 1. The summed E-state index contributed by atoms with van der Waals surface area (Å²) in [6.07, 6.45) is 4.92. The quantitative estimate of drug-likeness (QED) is 0.389. The number of benzene rings is 1. The average Bonchev–Trinajstić information content (AvgIpc) is 3.57. The van der Waals surface area contributed by atoms with Crippen molar-refractivity contribution >= 4 is 29.5 Å². The van der Waals surface area contributed by atoms with Gasteiger partial charge in [-0.05, 0) is 30.7 Å². The number of fused-ring (bicyclic) bond motifs is 5. The Balaban J connectivity index is 1.32. The molecule has 1 N–H and O–H groups in total. The number of imide groups is 1. The van der Waals surface area contributed by atoms with Crippen molar-refractivity contribution in [2.75, 3.05) is 11.9 Å². The van der Waals surface area contributed by atoms with Crippen molar-refractivity contribution in [1.82, 2.24) is 10.1 Å². The Morgan fingerprint density at radius 1 is 1.15 bits per heavy atom. The number of esters is 1. The number of aromatic nitrogens is 1. The first kappa shape index (κ1) is 21.1. The number of allylic oxidation sites excluding steroid dienone is 2. The molecular formula is C24H23N3O6. The average molecular weight is 449 g/mol. The van der Waals surface area contributed by atoms with Crippen LogP contribution in [0.1, 0.15) is 17.7 Å². The highest BCUT2D eigenvalue weighted by atomic mass is 16.5. The van der Waals surface area contributed by atoms with E-state index in [9.17, 15) is 19.2 Å². The van der Waals surface area contributed by atoms with Crippen LogP contribution in [0.3, 0.4) is 0 Å². The molecule has 2 aromatic rings. The Hall–Kier alpha value is -3.75. The van der Waals surface area contributed by atoms with E-state index in [4.69, 9.17) is 9.26 Å². The van der Waals surface area contributed by atoms with Gasteiger partial charge in [-0.25, -0.2) is 4.79 Å². The largest absolute Gasteiger partial charge is 0.454 e. The molecule has 3 amide bonds. The lowest BCUT2D eigenvalue weighted by molar-refractivity contribution is -0.160. The number of ether oxygens (including phenoxy) is 1. The van der Waals surface area contributed by atoms with E-state index in [1.807, 2.05) is 42.5 Å². The van der Waals surface area contributed by atoms with Crippen molar-refractivity contribution in [2.45, 2.75) is 25.8 Å². The predicted octanol–water partition coefficient (Wildman–Crippen LogP) is 1.88. The van der Waals surface area contributed by atoms with Crippen LogP contribution in [0.25, 0.3) is 0 Å². The monoisotopic (exact) mass is 449 g/mol. The van der Waals surface area contributed by atoms with Crippen LogP contribution in [-0.2, 0) is 30.3 Å². The topological polar surface area (TPSA) is 119 Å². The van der Waals surface area contributed by atoms with Crippen LogP contribution in [-0.4, -0.2) is 46.4 Å². The van der Waals surface area contributed by atoms with Gasteiger partial charge in [-0.2, -0.15) is 0 Å². The Kier molecular flexibility index (Phi) is 5.32. The highest BCUT2D eigenvalue weighted by molar-refractivity contribution is 6.09. The normalized spacial score (nSPS) is 25.9. The Bertz CT molecular complexity index is 1110. The second-order valence-corrected chi connectivity index (χ2v) is 8.73. The maximum Gasteiger partial charge on any atom is 0.330 e. The van der Waals surface area contributed by atoms with Gasteiger partial charge in [-0.3, -0.25) is 19.3 Å². The highest BCUT2D eigenvalue weighted by Gasteiger charge is 2.61. The first-order valence-corrected chi connectivity index (χ1v) is 10.9. The molecule has 1 aliphatic heterocycles. The van der Waals surface area contributed by atoms with Gasteiger partial charge in [0.1, 0.15) is 11.8 Å². The van der Waals surface area contributed by atoms with Gasteiger partial charge in [0.15, 0.2) is 12.4 Å². The van der Waals surface area contributed by atoms with Gasteiger partial charge in [0.05, 0.1) is 11.8 Å². The summed E-state index contributed by atoms with van der Waals surface area (Å²) >= 11 is 0. The maximum atomic E-state index is 13.3. The molecule has 1 saturated heterocycles. The second kappa shape index (κ2) is 8.31. The lowest BCUT2D eigenvalue weighted by atomic mass is 9.85. The molecule has 5 atom stereocenters. The number of rotatable bonds is 7. The van der Waals surface area contributed by atoms with E-state index in [1.165, 1.54) is 6.07 Å². The number of hydrogen-bond acceptors (Lipinski definition) is 7. The van der Waals surface area contributed by atoms with Gasteiger partial charge in [0.2, 0.25) is 11.8 Å². The minimum absolute atomic E-state index is 0.0338. The fraction of sp³-hybridized carbons (Fsp3) is 0.375. The van der Waals surface area contributed by atoms with Gasteiger partial charge >= 0.3 is 5.97 Å². The number of carbonyl (C=O) groups is 4. The summed E-state index contributed by atoms with van der Waals surface area (Å²) in [7, 11) is 0. The lowest BCUT2D eigenvalue weighted by Crippen LogP contribution is -2.48. The van der Waals surface area contributed by atoms with E-state index < -0.39 is 36.4 Å². The SMILES string of the molecule is Cc1cc(NC(=O)COC(=O)C(Cc2ccccc2)N2C(=O)C3C4C=CC(C4)C3C2=O)no1. The molecule has 5 unspecified atom stereocenters. The van der Waals surface area contributed by atoms with Crippen LogP contribution in [0.4, 0.5) is 5.82 Å². The molecule has 1 aromatic heterocycles. The van der Waals surface area contributed by atoms with E-state index in [2.05, 4.69) is 10.5 Å². The smallest absolute Gasteiger partial charge is 0.330 e. The van der Waals surface area contributed by atoms with Crippen molar-refractivity contribution in [3.05, 3.63) is 59.9 Å². The molecule has 2 fully saturated rings. The summed E-state index contributed by atoms with van der Waals surface area (Å²) < 4.78 is 10.1. The number of carbonyl (C=O) groups excluding carboxylic acids is 4. The summed E-state index contributed by atoms with van der Waals surface area (Å²) in [5, 5.41) is 6.13. The summed E-state index contributed by atoms with van der Waals surface area (Å²) in [5.74, 6) is -2.11. The minimum atomic E-state index is -1.14. The predicted molar refractivity (Wildman–Crippen MR) is 114 cm³/mol. The van der Waals surface area contributed by atoms with E-state index in [1.54, 1.807) is 6.92 Å². The Morgan fingerprint density at radius 2 is 1.82 bits per heavy atom. The van der Waals surface area contributed by atoms with E-state index in [0.717, 1.165) is 16.9 Å². The highest BCUT2D eigenvalue weighted by Crippen LogP contribution is 2.53. The number of amides is 3. The first-order chi connectivity index (χ1) is 15.9. The zero-order valence-corrected chi connectivity index (χ0v) is 18.0. The molecule has 0 spiro atoms. The fourth-order valence-corrected chi connectivity index (χ4v) is 5.19. The third-order valence-electron chi connectivity index (χ3n) is 6.60. The first-order valence-electron chi connectivity index (χ1n) is 10.9. The maximum absolute atomic E-state index is 13.3. The summed E-state index contributed by atoms with van der Waals surface area (Å²) in [5.41, 5.74) is 0.778. The zero-order valence-electron chi connectivity index (χ0n) is 18.0. The molecule has 2 heterocycles. The van der Waals surface area contributed by atoms with Crippen LogP contribution < -0.4 is 5.32 Å². The summed E-state index contributed by atoms with van der Waals surface area (Å²) in [6, 6.07) is 9.50. The number of nitrogens with zero attached hydrogens (tertiary/aromatic N) is 2. The van der Waals surface area contributed by atoms with Crippen molar-refractivity contribution in [3.8, 4) is 0 Å². The lowest BCUT2D eigenvalue weighted by Gasteiger charge is -2.26. The number of nitrogens with one attached hydrogen (secondary N) is 1. The molecule has 33 heavy (non-hydrogen) atoms. The molecule has 170 valence electrons. The van der Waals surface area contributed by atoms with Gasteiger partial charge in [-0.1, -0.05) is 47.6 Å². The van der Waals surface area contributed by atoms with Gasteiger partial charge < -0.3 is 14.6 Å². The molecule has 9 heteroatoms. The van der Waals surface area contributed by atoms with Crippen molar-refractivity contribution < 1.29 is 28.4 Å². The van der Waals surface area contributed by atoms with Crippen LogP contribution in [0.15, 0.2) is 53.1 Å². The Labute approximate surface area is 189 Å². The summed E-state index contributed by atoms with van der Waals surface area (Å²) in [4.78, 5) is 52.9. The van der Waals surface area contributed by atoms with Gasteiger partial charge in [0.25, 0.3) is 5.91 Å². The third kappa shape index (κ3) is 3.83.